The fourth-order valence-electron chi connectivity index (χ4n) is 2.53. The smallest absolute Gasteiger partial charge is 0.325 e. The van der Waals surface area contributed by atoms with E-state index in [0.717, 1.165) is 16.7 Å². The van der Waals surface area contributed by atoms with Crippen molar-refractivity contribution < 1.29 is 18.0 Å². The third kappa shape index (κ3) is 5.02. The highest BCUT2D eigenvalue weighted by molar-refractivity contribution is 6.31. The Balaban J connectivity index is 2.08. The van der Waals surface area contributed by atoms with Gasteiger partial charge in [0.25, 0.3) is 5.56 Å². The monoisotopic (exact) mass is 418 g/mol. The first kappa shape index (κ1) is 21.7. The summed E-state index contributed by atoms with van der Waals surface area (Å²) in [5.41, 5.74) is -1.67. The lowest BCUT2D eigenvalue weighted by Gasteiger charge is -2.18. The number of amides is 1. The van der Waals surface area contributed by atoms with Gasteiger partial charge in [0.05, 0.1) is 17.1 Å². The number of rotatable bonds is 5. The number of carbonyl (C=O) groups excluding carboxylic acids is 1. The lowest BCUT2D eigenvalue weighted by atomic mass is 10.2. The van der Waals surface area contributed by atoms with E-state index in [4.69, 9.17) is 11.6 Å². The van der Waals surface area contributed by atoms with Crippen LogP contribution >= 0.6 is 11.6 Å². The molecular weight excluding hydrogens is 401 g/mol. The number of likely N-dealkylation sites (N-methyl/N-ethyl adjacent to an activating group) is 1. The van der Waals surface area contributed by atoms with E-state index in [0.29, 0.717) is 5.69 Å². The Morgan fingerprint density at radius 1 is 1.18 bits per heavy atom. The Morgan fingerprint density at radius 2 is 1.82 bits per heavy atom. The average Bonchev–Trinajstić information content (AvgIpc) is 2.58. The van der Waals surface area contributed by atoms with Crippen molar-refractivity contribution in [1.29, 1.82) is 0 Å². The van der Waals surface area contributed by atoms with Crippen molar-refractivity contribution in [2.24, 2.45) is 14.1 Å². The molecule has 0 radical (unpaired) electrons. The van der Waals surface area contributed by atoms with Crippen LogP contribution in [0.4, 0.5) is 18.9 Å². The summed E-state index contributed by atoms with van der Waals surface area (Å²) >= 11 is 5.55. The van der Waals surface area contributed by atoms with Crippen LogP contribution < -0.4 is 16.6 Å². The summed E-state index contributed by atoms with van der Waals surface area (Å²) < 4.78 is 40.9. The number of hydrogen-bond donors (Lipinski definition) is 1. The molecule has 0 atom stereocenters. The maximum absolute atomic E-state index is 12.9. The molecule has 152 valence electrons. The molecule has 0 saturated carbocycles. The minimum absolute atomic E-state index is 0.0453. The average molecular weight is 419 g/mol. The largest absolute Gasteiger partial charge is 0.417 e. The number of carbonyl (C=O) groups is 1. The van der Waals surface area contributed by atoms with Gasteiger partial charge in [-0.25, -0.2) is 4.79 Å². The summed E-state index contributed by atoms with van der Waals surface area (Å²) in [6.45, 7) is -0.0585. The highest BCUT2D eigenvalue weighted by atomic mass is 35.5. The molecule has 0 aliphatic carbocycles. The number of nitrogens with one attached hydrogen (secondary N) is 1. The van der Waals surface area contributed by atoms with Gasteiger partial charge in [-0.1, -0.05) is 11.6 Å². The van der Waals surface area contributed by atoms with E-state index in [9.17, 15) is 27.6 Å². The molecule has 1 aromatic carbocycles. The molecule has 0 spiro atoms. The van der Waals surface area contributed by atoms with Gasteiger partial charge in [0.15, 0.2) is 0 Å². The lowest BCUT2D eigenvalue weighted by Crippen LogP contribution is -2.40. The van der Waals surface area contributed by atoms with Crippen molar-refractivity contribution in [3.8, 4) is 0 Å². The molecule has 2 rings (SSSR count). The third-order valence-electron chi connectivity index (χ3n) is 4.03. The normalized spacial score (nSPS) is 11.7. The number of anilines is 1. The highest BCUT2D eigenvalue weighted by Gasteiger charge is 2.33. The van der Waals surface area contributed by atoms with Gasteiger partial charge in [0.1, 0.15) is 0 Å². The van der Waals surface area contributed by atoms with Crippen LogP contribution in [-0.2, 0) is 31.6 Å². The zero-order chi connectivity index (χ0) is 21.2. The van der Waals surface area contributed by atoms with E-state index < -0.39 is 33.9 Å². The molecule has 1 aromatic heterocycles. The Labute approximate surface area is 162 Å². The molecule has 0 bridgehead atoms. The lowest BCUT2D eigenvalue weighted by molar-refractivity contribution is -0.137. The number of aromatic nitrogens is 2. The number of benzene rings is 1. The SMILES string of the molecule is CN(CC(=O)Nc1ccc(Cl)c(C(F)(F)F)c1)Cc1cc(=O)n(C)c(=O)n1C. The van der Waals surface area contributed by atoms with Crippen molar-refractivity contribution in [2.45, 2.75) is 12.7 Å². The Kier molecular flexibility index (Phi) is 6.35. The van der Waals surface area contributed by atoms with Gasteiger partial charge < -0.3 is 5.32 Å². The minimum atomic E-state index is -4.64. The van der Waals surface area contributed by atoms with Crippen molar-refractivity contribution in [3.63, 3.8) is 0 Å². The molecule has 7 nitrogen and oxygen atoms in total. The van der Waals surface area contributed by atoms with Crippen LogP contribution in [0.3, 0.4) is 0 Å². The van der Waals surface area contributed by atoms with Crippen LogP contribution in [0.15, 0.2) is 33.9 Å². The van der Waals surface area contributed by atoms with E-state index in [2.05, 4.69) is 5.32 Å². The van der Waals surface area contributed by atoms with Crippen LogP contribution in [0, 0.1) is 0 Å². The summed E-state index contributed by atoms with van der Waals surface area (Å²) in [5, 5.41) is 1.91. The second-order valence-electron chi connectivity index (χ2n) is 6.29. The van der Waals surface area contributed by atoms with Gasteiger partial charge in [0.2, 0.25) is 5.91 Å². The second kappa shape index (κ2) is 8.19. The Morgan fingerprint density at radius 3 is 2.43 bits per heavy atom. The maximum atomic E-state index is 12.9. The summed E-state index contributed by atoms with van der Waals surface area (Å²) in [7, 11) is 4.43. The van der Waals surface area contributed by atoms with Gasteiger partial charge in [-0.3, -0.25) is 23.6 Å². The molecule has 1 heterocycles. The molecular formula is C17H18ClF3N4O3. The molecule has 1 amide bonds. The van der Waals surface area contributed by atoms with Gasteiger partial charge >= 0.3 is 11.9 Å². The molecule has 1 N–H and O–H groups in total. The Bertz CT molecular complexity index is 1010. The molecule has 0 aliphatic rings. The summed E-state index contributed by atoms with van der Waals surface area (Å²) in [6.07, 6.45) is -4.64. The van der Waals surface area contributed by atoms with Crippen LogP contribution in [0.1, 0.15) is 11.3 Å². The predicted molar refractivity (Wildman–Crippen MR) is 98.3 cm³/mol. The van der Waals surface area contributed by atoms with E-state index >= 15 is 0 Å². The zero-order valence-corrected chi connectivity index (χ0v) is 16.1. The van der Waals surface area contributed by atoms with Crippen LogP contribution in [0.2, 0.25) is 5.02 Å². The summed E-state index contributed by atoms with van der Waals surface area (Å²) in [4.78, 5) is 37.3. The molecule has 0 saturated heterocycles. The first-order valence-corrected chi connectivity index (χ1v) is 8.39. The van der Waals surface area contributed by atoms with Gasteiger partial charge in [-0.2, -0.15) is 13.2 Å². The molecule has 28 heavy (non-hydrogen) atoms. The van der Waals surface area contributed by atoms with Gasteiger partial charge in [-0.15, -0.1) is 0 Å². The third-order valence-corrected chi connectivity index (χ3v) is 4.36. The quantitative estimate of drug-likeness (QED) is 0.803. The van der Waals surface area contributed by atoms with Crippen LogP contribution in [-0.4, -0.2) is 33.5 Å². The summed E-state index contributed by atoms with van der Waals surface area (Å²) in [5.74, 6) is -0.563. The molecule has 0 unspecified atom stereocenters. The summed E-state index contributed by atoms with van der Waals surface area (Å²) in [6, 6.07) is 4.36. The maximum Gasteiger partial charge on any atom is 0.417 e. The predicted octanol–water partition coefficient (Wildman–Crippen LogP) is 1.83. The number of halogens is 4. The fourth-order valence-corrected chi connectivity index (χ4v) is 2.75. The first-order valence-electron chi connectivity index (χ1n) is 8.01. The van der Waals surface area contributed by atoms with E-state index in [1.165, 1.54) is 35.7 Å². The van der Waals surface area contributed by atoms with Crippen LogP contribution in [0.5, 0.6) is 0 Å². The molecule has 0 fully saturated rings. The van der Waals surface area contributed by atoms with Crippen molar-refractivity contribution >= 4 is 23.2 Å². The fraction of sp³-hybridized carbons (Fsp3) is 0.353. The minimum Gasteiger partial charge on any atom is -0.325 e. The first-order chi connectivity index (χ1) is 12.9. The topological polar surface area (TPSA) is 76.3 Å². The standard InChI is InChI=1S/C17H18ClF3N4O3/c1-23(8-11-7-15(27)25(3)16(28)24(11)2)9-14(26)22-10-4-5-13(18)12(6-10)17(19,20)21/h4-7H,8-9H2,1-3H3,(H,22,26). The van der Waals surface area contributed by atoms with Crippen LogP contribution in [0.25, 0.3) is 0 Å². The van der Waals surface area contributed by atoms with Crippen molar-refractivity contribution in [3.05, 3.63) is 61.4 Å². The second-order valence-corrected chi connectivity index (χ2v) is 6.69. The highest BCUT2D eigenvalue weighted by Crippen LogP contribution is 2.36. The van der Waals surface area contributed by atoms with Crippen molar-refractivity contribution in [1.82, 2.24) is 14.0 Å². The number of hydrogen-bond acceptors (Lipinski definition) is 4. The van der Waals surface area contributed by atoms with E-state index in [1.807, 2.05) is 0 Å². The zero-order valence-electron chi connectivity index (χ0n) is 15.3. The molecule has 0 aliphatic heterocycles. The van der Waals surface area contributed by atoms with E-state index in [1.54, 1.807) is 7.05 Å². The van der Waals surface area contributed by atoms with Gasteiger partial charge in [-0.05, 0) is 25.2 Å². The molecule has 11 heteroatoms. The van der Waals surface area contributed by atoms with E-state index in [-0.39, 0.29) is 18.8 Å². The molecule has 2 aromatic rings. The van der Waals surface area contributed by atoms with Gasteiger partial charge in [0, 0.05) is 38.1 Å². The van der Waals surface area contributed by atoms with Crippen molar-refractivity contribution in [2.75, 3.05) is 18.9 Å². The number of alkyl halides is 3. The Hall–Kier alpha value is -2.59. The number of nitrogens with zero attached hydrogens (tertiary/aromatic N) is 3.